The maximum atomic E-state index is 14.6. The number of pyridine rings is 4. The van der Waals surface area contributed by atoms with Crippen molar-refractivity contribution in [2.75, 3.05) is 6.54 Å². The Morgan fingerprint density at radius 1 is 0.552 bits per heavy atom. The maximum Gasteiger partial charge on any atom is 0.167 e. The Morgan fingerprint density at radius 2 is 1.24 bits per heavy atom. The highest BCUT2D eigenvalue weighted by atomic mass is 16.1. The molecule has 0 amide bonds. The minimum absolute atomic E-state index is 0.0704. The fourth-order valence-electron chi connectivity index (χ4n) is 8.31. The molecule has 0 unspecified atom stereocenters. The summed E-state index contributed by atoms with van der Waals surface area (Å²) in [5, 5.41) is 0. The summed E-state index contributed by atoms with van der Waals surface area (Å²) in [6.07, 6.45) is 14.6. The smallest absolute Gasteiger partial charge is 0.167 e. The van der Waals surface area contributed by atoms with Crippen molar-refractivity contribution in [1.29, 1.82) is 0 Å². The van der Waals surface area contributed by atoms with Crippen LogP contribution >= 0.6 is 0 Å². The molecule has 0 saturated heterocycles. The van der Waals surface area contributed by atoms with Crippen LogP contribution in [0.3, 0.4) is 0 Å². The van der Waals surface area contributed by atoms with Crippen LogP contribution in [0.4, 0.5) is 0 Å². The summed E-state index contributed by atoms with van der Waals surface area (Å²) in [5.41, 5.74) is 17.5. The number of hydrogen-bond donors (Lipinski definition) is 0. The monoisotopic (exact) mass is 750 g/mol. The molecule has 7 aromatic rings. The lowest BCUT2D eigenvalue weighted by Gasteiger charge is -2.20. The van der Waals surface area contributed by atoms with E-state index in [2.05, 4.69) is 95.8 Å². The Kier molecular flexibility index (Phi) is 9.11. The van der Waals surface area contributed by atoms with Crippen LogP contribution in [0.5, 0.6) is 0 Å². The van der Waals surface area contributed by atoms with Gasteiger partial charge in [0.1, 0.15) is 0 Å². The van der Waals surface area contributed by atoms with Gasteiger partial charge in [-0.2, -0.15) is 0 Å². The van der Waals surface area contributed by atoms with Gasteiger partial charge in [0.05, 0.1) is 45.6 Å². The highest BCUT2D eigenvalue weighted by Gasteiger charge is 2.26. The minimum atomic E-state index is 0.0704. The van der Waals surface area contributed by atoms with Gasteiger partial charge in [-0.1, -0.05) is 78.9 Å². The molecule has 6 heterocycles. The van der Waals surface area contributed by atoms with Crippen LogP contribution in [0.1, 0.15) is 52.1 Å². The molecule has 3 aliphatic rings. The first-order chi connectivity index (χ1) is 28.6. The fraction of sp³-hybridized carbons (Fsp3) is 0.118. The second-order valence-corrected chi connectivity index (χ2v) is 14.8. The molecule has 0 atom stereocenters. The van der Waals surface area contributed by atoms with Crippen molar-refractivity contribution in [2.45, 2.75) is 32.6 Å². The summed E-state index contributed by atoms with van der Waals surface area (Å²) in [6.45, 7) is 2.92. The van der Waals surface area contributed by atoms with Gasteiger partial charge in [-0.3, -0.25) is 24.7 Å². The van der Waals surface area contributed by atoms with E-state index in [-0.39, 0.29) is 12.2 Å². The molecular weight excluding hydrogens is 713 g/mol. The highest BCUT2D eigenvalue weighted by Crippen LogP contribution is 2.44. The van der Waals surface area contributed by atoms with E-state index < -0.39 is 0 Å². The molecule has 2 bridgehead atoms. The third-order valence-corrected chi connectivity index (χ3v) is 11.2. The lowest BCUT2D eigenvalue weighted by molar-refractivity contribution is 0.0993. The first-order valence-electron chi connectivity index (χ1n) is 19.8. The minimum Gasteiger partial charge on any atom is -0.294 e. The second kappa shape index (κ2) is 15.0. The molecular formula is C51H38N6O. The largest absolute Gasteiger partial charge is 0.294 e. The molecule has 278 valence electrons. The predicted octanol–water partition coefficient (Wildman–Crippen LogP) is 11.2. The van der Waals surface area contributed by atoms with Crippen molar-refractivity contribution in [3.05, 3.63) is 180 Å². The van der Waals surface area contributed by atoms with E-state index in [0.717, 1.165) is 127 Å². The van der Waals surface area contributed by atoms with Crippen molar-refractivity contribution >= 4 is 17.2 Å². The summed E-state index contributed by atoms with van der Waals surface area (Å²) in [5.74, 6) is 0.0704. The number of carbonyl (C=O) groups excluding carboxylic acids is 1. The standard InChI is InChI=1S/C51H38N6O/c1-32-37-20-21-39(36-29-48(44-16-6-10-24-54-44)57-49(30-36)45-17-7-11-25-55-45)51(32)41-13-3-2-12-40(41)50(58)31-35-26-33(18-19-38(35)37)34-27-46(42-14-4-8-22-52-42)56-47(28-34)43-15-5-9-23-53-43/h2-6,8,10-16,18-22,24-30H,7,9,17,23,31H2,1H3. The molecule has 58 heavy (non-hydrogen) atoms. The van der Waals surface area contributed by atoms with Crippen LogP contribution < -0.4 is 0 Å². The molecule has 0 N–H and O–H groups in total. The zero-order valence-electron chi connectivity index (χ0n) is 32.1. The van der Waals surface area contributed by atoms with Crippen molar-refractivity contribution in [2.24, 2.45) is 9.98 Å². The predicted molar refractivity (Wildman–Crippen MR) is 233 cm³/mol. The summed E-state index contributed by atoms with van der Waals surface area (Å²) in [7, 11) is 0. The zero-order valence-corrected chi connectivity index (χ0v) is 32.1. The van der Waals surface area contributed by atoms with Gasteiger partial charge in [0.2, 0.25) is 0 Å². The van der Waals surface area contributed by atoms with Gasteiger partial charge in [-0.05, 0) is 136 Å². The normalized spacial score (nSPS) is 14.4. The van der Waals surface area contributed by atoms with E-state index in [4.69, 9.17) is 20.0 Å². The molecule has 3 aromatic carbocycles. The molecule has 2 aliphatic heterocycles. The number of hydrogen-bond acceptors (Lipinski definition) is 7. The third kappa shape index (κ3) is 6.60. The molecule has 4 aromatic heterocycles. The second-order valence-electron chi connectivity index (χ2n) is 14.8. The number of aromatic nitrogens is 4. The highest BCUT2D eigenvalue weighted by molar-refractivity contribution is 6.10. The molecule has 0 saturated carbocycles. The number of nitrogens with zero attached hydrogens (tertiary/aromatic N) is 6. The SMILES string of the molecule is Cc1c2ccc(-c3cc(C4=NC=CCC4)nc(-c4ccccn4)c3)c1-c1ccccc1C(=O)Cc1cc(-c3cc(C4=NCCC=C4)nc(-c4ccccn4)c3)ccc1-2. The van der Waals surface area contributed by atoms with Gasteiger partial charge >= 0.3 is 0 Å². The molecule has 7 heteroatoms. The molecule has 7 nitrogen and oxygen atoms in total. The lowest BCUT2D eigenvalue weighted by atomic mass is 9.84. The van der Waals surface area contributed by atoms with Crippen LogP contribution in [0.25, 0.3) is 67.3 Å². The van der Waals surface area contributed by atoms with Crippen molar-refractivity contribution in [3.8, 4) is 67.3 Å². The van der Waals surface area contributed by atoms with Gasteiger partial charge in [0.25, 0.3) is 0 Å². The van der Waals surface area contributed by atoms with Gasteiger partial charge in [0.15, 0.2) is 5.78 Å². The Labute approximate surface area is 337 Å². The van der Waals surface area contributed by atoms with Crippen LogP contribution in [0.15, 0.2) is 162 Å². The number of dihydropyridines is 1. The molecule has 0 spiro atoms. The lowest BCUT2D eigenvalue weighted by Crippen LogP contribution is -2.07. The van der Waals surface area contributed by atoms with E-state index >= 15 is 0 Å². The summed E-state index contributed by atoms with van der Waals surface area (Å²) < 4.78 is 0. The van der Waals surface area contributed by atoms with E-state index in [1.807, 2.05) is 60.8 Å². The van der Waals surface area contributed by atoms with Crippen molar-refractivity contribution < 1.29 is 4.79 Å². The number of allylic oxidation sites excluding steroid dienone is 2. The summed E-state index contributed by atoms with van der Waals surface area (Å²) in [6, 6.07) is 39.2. The molecule has 10 rings (SSSR count). The first kappa shape index (κ1) is 35.2. The van der Waals surface area contributed by atoms with Crippen LogP contribution in [-0.4, -0.2) is 43.7 Å². The van der Waals surface area contributed by atoms with Crippen molar-refractivity contribution in [3.63, 3.8) is 0 Å². The number of benzene rings is 3. The zero-order chi connectivity index (χ0) is 39.0. The molecule has 0 radical (unpaired) electrons. The topological polar surface area (TPSA) is 93.3 Å². The van der Waals surface area contributed by atoms with Crippen molar-refractivity contribution in [1.82, 2.24) is 19.9 Å². The number of Topliss-reactive ketones (excluding diaryl/α,β-unsaturated/α-hetero) is 1. The van der Waals surface area contributed by atoms with E-state index in [1.54, 1.807) is 12.4 Å². The number of ketones is 1. The third-order valence-electron chi connectivity index (χ3n) is 11.2. The maximum absolute atomic E-state index is 14.6. The van der Waals surface area contributed by atoms with Gasteiger partial charge in [-0.25, -0.2) is 9.97 Å². The van der Waals surface area contributed by atoms with E-state index in [0.29, 0.717) is 5.56 Å². The summed E-state index contributed by atoms with van der Waals surface area (Å²) >= 11 is 0. The van der Waals surface area contributed by atoms with E-state index in [1.165, 1.54) is 0 Å². The Morgan fingerprint density at radius 3 is 1.97 bits per heavy atom. The average molecular weight is 751 g/mol. The average Bonchev–Trinajstić information content (AvgIpc) is 3.31. The van der Waals surface area contributed by atoms with E-state index in [9.17, 15) is 4.79 Å². The Bertz CT molecular complexity index is 2890. The summed E-state index contributed by atoms with van der Waals surface area (Å²) in [4.78, 5) is 43.5. The molecule has 0 fully saturated rings. The van der Waals surface area contributed by atoms with Crippen LogP contribution in [0.2, 0.25) is 0 Å². The van der Waals surface area contributed by atoms with Crippen LogP contribution in [0, 0.1) is 6.92 Å². The number of rotatable bonds is 6. The first-order valence-corrected chi connectivity index (χ1v) is 19.8. The Hall–Kier alpha value is -7.25. The Balaban J connectivity index is 1.15. The van der Waals surface area contributed by atoms with Gasteiger partial charge < -0.3 is 0 Å². The number of aliphatic imine (C=N–C) groups is 2. The molecule has 1 aliphatic carbocycles. The van der Waals surface area contributed by atoms with Gasteiger partial charge in [0, 0.05) is 37.1 Å². The number of fused-ring (bicyclic) bond motifs is 6. The quantitative estimate of drug-likeness (QED) is 0.169. The fourth-order valence-corrected chi connectivity index (χ4v) is 8.31. The van der Waals surface area contributed by atoms with Crippen LogP contribution in [-0.2, 0) is 6.42 Å². The number of carbonyl (C=O) groups is 1. The van der Waals surface area contributed by atoms with Gasteiger partial charge in [-0.15, -0.1) is 0 Å².